The molecule has 0 bridgehead atoms. The number of aromatic nitrogens is 1. The average molecular weight is 198 g/mol. The van der Waals surface area contributed by atoms with E-state index in [1.54, 1.807) is 0 Å². The standard InChI is InChI=1S/C10H15FN2O/c1-3-10(2,12)7-14-9-5-4-8(11)6-13-9/h4-6H,3,7,12H2,1-2H3. The Morgan fingerprint density at radius 2 is 2.29 bits per heavy atom. The highest BCUT2D eigenvalue weighted by Gasteiger charge is 2.16. The van der Waals surface area contributed by atoms with Gasteiger partial charge in [0, 0.05) is 11.6 Å². The second kappa shape index (κ2) is 4.37. The van der Waals surface area contributed by atoms with Crippen LogP contribution in [0.2, 0.25) is 0 Å². The van der Waals surface area contributed by atoms with E-state index < -0.39 is 0 Å². The van der Waals surface area contributed by atoms with Crippen LogP contribution in [0, 0.1) is 5.82 Å². The summed E-state index contributed by atoms with van der Waals surface area (Å²) in [6, 6.07) is 2.79. The molecule has 1 heterocycles. The molecule has 1 unspecified atom stereocenters. The fourth-order valence-corrected chi connectivity index (χ4v) is 0.789. The summed E-state index contributed by atoms with van der Waals surface area (Å²) in [5, 5.41) is 0. The van der Waals surface area contributed by atoms with Crippen molar-refractivity contribution in [2.75, 3.05) is 6.61 Å². The van der Waals surface area contributed by atoms with Gasteiger partial charge in [-0.1, -0.05) is 6.92 Å². The lowest BCUT2D eigenvalue weighted by Gasteiger charge is -2.22. The first-order valence-corrected chi connectivity index (χ1v) is 4.57. The molecule has 1 atom stereocenters. The Balaban J connectivity index is 2.50. The average Bonchev–Trinajstić information content (AvgIpc) is 2.17. The quantitative estimate of drug-likeness (QED) is 0.801. The zero-order valence-corrected chi connectivity index (χ0v) is 8.46. The highest BCUT2D eigenvalue weighted by atomic mass is 19.1. The van der Waals surface area contributed by atoms with Crippen LogP contribution in [0.5, 0.6) is 5.88 Å². The molecule has 3 nitrogen and oxygen atoms in total. The summed E-state index contributed by atoms with van der Waals surface area (Å²) in [5.74, 6) is 0.0277. The number of nitrogens with zero attached hydrogens (tertiary/aromatic N) is 1. The van der Waals surface area contributed by atoms with Crippen LogP contribution < -0.4 is 10.5 Å². The fourth-order valence-electron chi connectivity index (χ4n) is 0.789. The van der Waals surface area contributed by atoms with Crippen molar-refractivity contribution < 1.29 is 9.13 Å². The summed E-state index contributed by atoms with van der Waals surface area (Å²) >= 11 is 0. The third-order valence-electron chi connectivity index (χ3n) is 2.06. The lowest BCUT2D eigenvalue weighted by Crippen LogP contribution is -2.41. The van der Waals surface area contributed by atoms with Gasteiger partial charge in [0.25, 0.3) is 0 Å². The van der Waals surface area contributed by atoms with Gasteiger partial charge in [0.05, 0.1) is 6.20 Å². The Kier molecular flexibility index (Phi) is 3.41. The van der Waals surface area contributed by atoms with Crippen molar-refractivity contribution in [2.45, 2.75) is 25.8 Å². The lowest BCUT2D eigenvalue weighted by molar-refractivity contribution is 0.218. The van der Waals surface area contributed by atoms with Crippen LogP contribution in [0.4, 0.5) is 4.39 Å². The zero-order chi connectivity index (χ0) is 10.6. The van der Waals surface area contributed by atoms with Gasteiger partial charge in [-0.25, -0.2) is 9.37 Å². The Morgan fingerprint density at radius 1 is 1.57 bits per heavy atom. The molecule has 0 amide bonds. The van der Waals surface area contributed by atoms with Gasteiger partial charge < -0.3 is 10.5 Å². The van der Waals surface area contributed by atoms with Crippen molar-refractivity contribution in [3.63, 3.8) is 0 Å². The first-order valence-electron chi connectivity index (χ1n) is 4.57. The van der Waals surface area contributed by atoms with Crippen molar-refractivity contribution in [1.29, 1.82) is 0 Å². The molecule has 0 saturated heterocycles. The van der Waals surface area contributed by atoms with Crippen molar-refractivity contribution >= 4 is 0 Å². The summed E-state index contributed by atoms with van der Waals surface area (Å²) in [7, 11) is 0. The topological polar surface area (TPSA) is 48.1 Å². The molecule has 0 aromatic carbocycles. The largest absolute Gasteiger partial charge is 0.476 e. The molecular weight excluding hydrogens is 183 g/mol. The van der Waals surface area contributed by atoms with Crippen LogP contribution >= 0.6 is 0 Å². The van der Waals surface area contributed by atoms with Crippen LogP contribution in [0.3, 0.4) is 0 Å². The van der Waals surface area contributed by atoms with E-state index in [0.29, 0.717) is 12.5 Å². The summed E-state index contributed by atoms with van der Waals surface area (Å²) in [4.78, 5) is 3.76. The number of halogens is 1. The smallest absolute Gasteiger partial charge is 0.213 e. The molecule has 4 heteroatoms. The van der Waals surface area contributed by atoms with Crippen molar-refractivity contribution in [3.05, 3.63) is 24.1 Å². The number of ether oxygens (including phenoxy) is 1. The molecular formula is C10H15FN2O. The molecule has 2 N–H and O–H groups in total. The summed E-state index contributed by atoms with van der Waals surface area (Å²) in [6.45, 7) is 4.26. The van der Waals surface area contributed by atoms with E-state index >= 15 is 0 Å². The minimum atomic E-state index is -0.372. The number of hydrogen-bond acceptors (Lipinski definition) is 3. The van der Waals surface area contributed by atoms with Crippen LogP contribution in [0.1, 0.15) is 20.3 Å². The zero-order valence-electron chi connectivity index (χ0n) is 8.46. The van der Waals surface area contributed by atoms with Crippen LogP contribution in [0.25, 0.3) is 0 Å². The summed E-state index contributed by atoms with van der Waals surface area (Å²) < 4.78 is 17.8. The third kappa shape index (κ3) is 3.30. The summed E-state index contributed by atoms with van der Waals surface area (Å²) in [5.41, 5.74) is 5.50. The van der Waals surface area contributed by atoms with E-state index in [1.165, 1.54) is 12.1 Å². The van der Waals surface area contributed by atoms with Crippen LogP contribution in [-0.2, 0) is 0 Å². The predicted octanol–water partition coefficient (Wildman–Crippen LogP) is 1.73. The molecule has 0 aliphatic heterocycles. The maximum absolute atomic E-state index is 12.5. The van der Waals surface area contributed by atoms with Gasteiger partial charge >= 0.3 is 0 Å². The van der Waals surface area contributed by atoms with Crippen molar-refractivity contribution in [1.82, 2.24) is 4.98 Å². The maximum atomic E-state index is 12.5. The minimum absolute atomic E-state index is 0.365. The maximum Gasteiger partial charge on any atom is 0.213 e. The molecule has 0 saturated carbocycles. The van der Waals surface area contributed by atoms with Gasteiger partial charge in [-0.3, -0.25) is 0 Å². The van der Waals surface area contributed by atoms with E-state index in [4.69, 9.17) is 10.5 Å². The van der Waals surface area contributed by atoms with Crippen LogP contribution in [-0.4, -0.2) is 17.1 Å². The molecule has 0 aliphatic carbocycles. The second-order valence-electron chi connectivity index (χ2n) is 3.61. The number of rotatable bonds is 4. The van der Waals surface area contributed by atoms with Gasteiger partial charge in [0.1, 0.15) is 12.4 Å². The van der Waals surface area contributed by atoms with Crippen molar-refractivity contribution in [3.8, 4) is 5.88 Å². The number of pyridine rings is 1. The Labute approximate surface area is 83.1 Å². The Bertz CT molecular complexity index is 285. The molecule has 0 radical (unpaired) electrons. The van der Waals surface area contributed by atoms with Crippen LogP contribution in [0.15, 0.2) is 18.3 Å². The van der Waals surface area contributed by atoms with Gasteiger partial charge in [-0.05, 0) is 19.4 Å². The van der Waals surface area contributed by atoms with E-state index in [2.05, 4.69) is 4.98 Å². The molecule has 0 aliphatic rings. The highest BCUT2D eigenvalue weighted by Crippen LogP contribution is 2.10. The first kappa shape index (κ1) is 10.9. The number of nitrogens with two attached hydrogens (primary N) is 1. The number of hydrogen-bond donors (Lipinski definition) is 1. The molecule has 0 fully saturated rings. The molecule has 1 aromatic rings. The molecule has 1 aromatic heterocycles. The molecule has 14 heavy (non-hydrogen) atoms. The van der Waals surface area contributed by atoms with E-state index in [9.17, 15) is 4.39 Å². The SMILES string of the molecule is CCC(C)(N)COc1ccc(F)cn1. The van der Waals surface area contributed by atoms with Gasteiger partial charge in [0.15, 0.2) is 0 Å². The molecule has 78 valence electrons. The van der Waals surface area contributed by atoms with E-state index in [0.717, 1.165) is 12.6 Å². The van der Waals surface area contributed by atoms with Gasteiger partial charge in [-0.15, -0.1) is 0 Å². The molecule has 0 spiro atoms. The first-order chi connectivity index (χ1) is 6.53. The minimum Gasteiger partial charge on any atom is -0.476 e. The Hall–Kier alpha value is -1.16. The lowest BCUT2D eigenvalue weighted by atomic mass is 10.0. The Morgan fingerprint density at radius 3 is 2.79 bits per heavy atom. The fraction of sp³-hybridized carbons (Fsp3) is 0.500. The van der Waals surface area contributed by atoms with E-state index in [-0.39, 0.29) is 11.4 Å². The second-order valence-corrected chi connectivity index (χ2v) is 3.61. The van der Waals surface area contributed by atoms with Gasteiger partial charge in [0.2, 0.25) is 5.88 Å². The van der Waals surface area contributed by atoms with Gasteiger partial charge in [-0.2, -0.15) is 0 Å². The third-order valence-corrected chi connectivity index (χ3v) is 2.06. The predicted molar refractivity (Wildman–Crippen MR) is 52.6 cm³/mol. The molecule has 1 rings (SSSR count). The monoisotopic (exact) mass is 198 g/mol. The summed E-state index contributed by atoms with van der Waals surface area (Å²) in [6.07, 6.45) is 1.93. The van der Waals surface area contributed by atoms with E-state index in [1.807, 2.05) is 13.8 Å². The normalized spacial score (nSPS) is 14.9. The highest BCUT2D eigenvalue weighted by molar-refractivity contribution is 5.10. The van der Waals surface area contributed by atoms with Crippen molar-refractivity contribution in [2.24, 2.45) is 5.73 Å².